The number of rotatable bonds is 5. The first-order valence-corrected chi connectivity index (χ1v) is 7.17. The summed E-state index contributed by atoms with van der Waals surface area (Å²) in [7, 11) is 2.99. The molecule has 22 heavy (non-hydrogen) atoms. The van der Waals surface area contributed by atoms with E-state index in [1.807, 2.05) is 38.1 Å². The van der Waals surface area contributed by atoms with Crippen LogP contribution in [0, 0.1) is 0 Å². The second-order valence-corrected chi connectivity index (χ2v) is 4.15. The summed E-state index contributed by atoms with van der Waals surface area (Å²) in [6.07, 6.45) is 0. The van der Waals surface area contributed by atoms with Crippen LogP contribution in [0.1, 0.15) is 29.8 Å². The fourth-order valence-corrected chi connectivity index (χ4v) is 1.69. The highest BCUT2D eigenvalue weighted by molar-refractivity contribution is 5.89. The highest BCUT2D eigenvalue weighted by Gasteiger charge is 2.04. The Labute approximate surface area is 131 Å². The van der Waals surface area contributed by atoms with Gasteiger partial charge >= 0.3 is 5.97 Å². The lowest BCUT2D eigenvalue weighted by molar-refractivity contribution is 0.0600. The number of hydrogen-bond donors (Lipinski definition) is 0. The number of benzene rings is 2. The molecule has 0 atom stereocenters. The van der Waals surface area contributed by atoms with E-state index in [2.05, 4.69) is 4.74 Å². The third-order valence-corrected chi connectivity index (χ3v) is 2.84. The summed E-state index contributed by atoms with van der Waals surface area (Å²) in [6.45, 7) is 4.46. The molecule has 0 aliphatic carbocycles. The second-order valence-electron chi connectivity index (χ2n) is 4.15. The predicted octanol–water partition coefficient (Wildman–Crippen LogP) is 4.09. The van der Waals surface area contributed by atoms with E-state index >= 15 is 0 Å². The van der Waals surface area contributed by atoms with E-state index in [1.54, 1.807) is 31.4 Å². The summed E-state index contributed by atoms with van der Waals surface area (Å²) in [5, 5.41) is 0. The summed E-state index contributed by atoms with van der Waals surface area (Å²) in [5.74, 6) is 1.16. The molecule has 0 bridgehead atoms. The Bertz CT molecular complexity index is 559. The van der Waals surface area contributed by atoms with Gasteiger partial charge in [0.2, 0.25) is 0 Å². The van der Waals surface area contributed by atoms with Crippen LogP contribution in [0.3, 0.4) is 0 Å². The van der Waals surface area contributed by atoms with Gasteiger partial charge in [-0.3, -0.25) is 0 Å². The van der Waals surface area contributed by atoms with Crippen LogP contribution in [0.15, 0.2) is 48.5 Å². The molecular formula is C18H22O4. The van der Waals surface area contributed by atoms with Crippen LogP contribution >= 0.6 is 0 Å². The van der Waals surface area contributed by atoms with Crippen LogP contribution in [-0.4, -0.2) is 20.2 Å². The SMILES string of the molecule is CC.COC(=O)c1ccc(OCc2ccc(OC)cc2)cc1. The number of esters is 1. The van der Waals surface area contributed by atoms with Crippen LogP contribution in [-0.2, 0) is 11.3 Å². The number of methoxy groups -OCH3 is 2. The van der Waals surface area contributed by atoms with Gasteiger partial charge < -0.3 is 14.2 Å². The topological polar surface area (TPSA) is 44.8 Å². The van der Waals surface area contributed by atoms with Gasteiger partial charge in [0.1, 0.15) is 18.1 Å². The molecule has 2 aromatic rings. The maximum Gasteiger partial charge on any atom is 0.337 e. The van der Waals surface area contributed by atoms with Crippen molar-refractivity contribution in [3.8, 4) is 11.5 Å². The maximum absolute atomic E-state index is 11.3. The van der Waals surface area contributed by atoms with Crippen LogP contribution in [0.25, 0.3) is 0 Å². The number of carbonyl (C=O) groups is 1. The Morgan fingerprint density at radius 3 is 1.91 bits per heavy atom. The summed E-state index contributed by atoms with van der Waals surface area (Å²) < 4.78 is 15.4. The number of hydrogen-bond acceptors (Lipinski definition) is 4. The van der Waals surface area contributed by atoms with Gasteiger partial charge in [-0.1, -0.05) is 26.0 Å². The maximum atomic E-state index is 11.3. The zero-order valence-electron chi connectivity index (χ0n) is 13.5. The molecule has 0 aromatic heterocycles. The summed E-state index contributed by atoms with van der Waals surface area (Å²) in [4.78, 5) is 11.3. The molecule has 0 N–H and O–H groups in total. The molecule has 0 radical (unpaired) electrons. The van der Waals surface area contributed by atoms with Crippen LogP contribution in [0.2, 0.25) is 0 Å². The van der Waals surface area contributed by atoms with Gasteiger partial charge in [0.15, 0.2) is 0 Å². The lowest BCUT2D eigenvalue weighted by atomic mass is 10.2. The van der Waals surface area contributed by atoms with Crippen molar-refractivity contribution in [2.45, 2.75) is 20.5 Å². The van der Waals surface area contributed by atoms with Crippen molar-refractivity contribution in [3.05, 3.63) is 59.7 Å². The van der Waals surface area contributed by atoms with Crippen molar-refractivity contribution in [2.75, 3.05) is 14.2 Å². The van der Waals surface area contributed by atoms with E-state index in [1.165, 1.54) is 7.11 Å². The van der Waals surface area contributed by atoms with Crippen LogP contribution in [0.5, 0.6) is 11.5 Å². The fourth-order valence-electron chi connectivity index (χ4n) is 1.69. The molecule has 0 amide bonds. The third kappa shape index (κ3) is 5.13. The van der Waals surface area contributed by atoms with Crippen molar-refractivity contribution in [2.24, 2.45) is 0 Å². The largest absolute Gasteiger partial charge is 0.497 e. The van der Waals surface area contributed by atoms with Gasteiger partial charge in [0, 0.05) is 0 Å². The molecule has 4 nitrogen and oxygen atoms in total. The molecule has 2 aromatic carbocycles. The summed E-state index contributed by atoms with van der Waals surface area (Å²) in [5.41, 5.74) is 1.55. The average molecular weight is 302 g/mol. The molecule has 4 heteroatoms. The van der Waals surface area contributed by atoms with Crippen LogP contribution < -0.4 is 9.47 Å². The molecule has 0 saturated heterocycles. The van der Waals surface area contributed by atoms with Gasteiger partial charge in [-0.05, 0) is 42.0 Å². The Morgan fingerprint density at radius 2 is 1.41 bits per heavy atom. The van der Waals surface area contributed by atoms with Gasteiger partial charge in [0.25, 0.3) is 0 Å². The highest BCUT2D eigenvalue weighted by atomic mass is 16.5. The molecule has 0 spiro atoms. The average Bonchev–Trinajstić information content (AvgIpc) is 2.62. The Kier molecular flexibility index (Phi) is 7.54. The van der Waals surface area contributed by atoms with Crippen molar-refractivity contribution < 1.29 is 19.0 Å². The van der Waals surface area contributed by atoms with E-state index < -0.39 is 0 Å². The summed E-state index contributed by atoms with van der Waals surface area (Å²) in [6, 6.07) is 14.5. The van der Waals surface area contributed by atoms with Crippen molar-refractivity contribution in [3.63, 3.8) is 0 Å². The Morgan fingerprint density at radius 1 is 0.864 bits per heavy atom. The molecule has 118 valence electrons. The molecular weight excluding hydrogens is 280 g/mol. The summed E-state index contributed by atoms with van der Waals surface area (Å²) >= 11 is 0. The van der Waals surface area contributed by atoms with Crippen molar-refractivity contribution in [1.29, 1.82) is 0 Å². The first-order chi connectivity index (χ1) is 10.7. The first-order valence-electron chi connectivity index (χ1n) is 7.17. The number of ether oxygens (including phenoxy) is 3. The smallest absolute Gasteiger partial charge is 0.337 e. The molecule has 0 heterocycles. The second kappa shape index (κ2) is 9.45. The fraction of sp³-hybridized carbons (Fsp3) is 0.278. The monoisotopic (exact) mass is 302 g/mol. The lowest BCUT2D eigenvalue weighted by Gasteiger charge is -2.07. The molecule has 0 aliphatic heterocycles. The van der Waals surface area contributed by atoms with E-state index in [-0.39, 0.29) is 5.97 Å². The predicted molar refractivity (Wildman–Crippen MR) is 86.5 cm³/mol. The van der Waals surface area contributed by atoms with E-state index in [9.17, 15) is 4.79 Å². The minimum Gasteiger partial charge on any atom is -0.497 e. The molecule has 0 unspecified atom stereocenters. The quantitative estimate of drug-likeness (QED) is 0.780. The van der Waals surface area contributed by atoms with Crippen molar-refractivity contribution >= 4 is 5.97 Å². The minimum atomic E-state index is -0.355. The van der Waals surface area contributed by atoms with Gasteiger partial charge in [-0.2, -0.15) is 0 Å². The molecule has 2 rings (SSSR count). The zero-order chi connectivity index (χ0) is 16.4. The van der Waals surface area contributed by atoms with Gasteiger partial charge in [-0.25, -0.2) is 4.79 Å². The van der Waals surface area contributed by atoms with Crippen molar-refractivity contribution in [1.82, 2.24) is 0 Å². The van der Waals surface area contributed by atoms with Gasteiger partial charge in [-0.15, -0.1) is 0 Å². The van der Waals surface area contributed by atoms with E-state index in [0.717, 1.165) is 11.3 Å². The third-order valence-electron chi connectivity index (χ3n) is 2.84. The minimum absolute atomic E-state index is 0.355. The Hall–Kier alpha value is -2.49. The lowest BCUT2D eigenvalue weighted by Crippen LogP contribution is -2.01. The molecule has 0 saturated carbocycles. The zero-order valence-corrected chi connectivity index (χ0v) is 13.5. The number of carbonyl (C=O) groups excluding carboxylic acids is 1. The van der Waals surface area contributed by atoms with E-state index in [0.29, 0.717) is 17.9 Å². The normalized spacial score (nSPS) is 9.27. The first kappa shape index (κ1) is 17.6. The highest BCUT2D eigenvalue weighted by Crippen LogP contribution is 2.16. The standard InChI is InChI=1S/C16H16O4.C2H6/c1-18-14-7-3-12(4-8-14)11-20-15-9-5-13(6-10-15)16(17)19-2;1-2/h3-10H,11H2,1-2H3;1-2H3. The Balaban J connectivity index is 0.00000116. The van der Waals surface area contributed by atoms with Gasteiger partial charge in [0.05, 0.1) is 19.8 Å². The molecule has 0 aliphatic rings. The molecule has 0 fully saturated rings. The van der Waals surface area contributed by atoms with E-state index in [4.69, 9.17) is 9.47 Å². The van der Waals surface area contributed by atoms with Crippen LogP contribution in [0.4, 0.5) is 0 Å².